The average Bonchev–Trinajstić information content (AvgIpc) is 3.36. The van der Waals surface area contributed by atoms with Gasteiger partial charge in [-0.25, -0.2) is 9.97 Å². The third-order valence-electron chi connectivity index (χ3n) is 3.97. The zero-order chi connectivity index (χ0) is 18.1. The number of hydrogen-bond acceptors (Lipinski definition) is 7. The van der Waals surface area contributed by atoms with Crippen molar-refractivity contribution >= 4 is 28.3 Å². The van der Waals surface area contributed by atoms with Crippen LogP contribution in [-0.2, 0) is 6.42 Å². The second-order valence-corrected chi connectivity index (χ2v) is 6.91. The van der Waals surface area contributed by atoms with Crippen LogP contribution in [0.1, 0.15) is 26.8 Å². The molecule has 0 aliphatic heterocycles. The number of furan rings is 1. The number of nitrogens with zero attached hydrogens (tertiary/aromatic N) is 3. The highest BCUT2D eigenvalue weighted by atomic mass is 32.1. The molecule has 0 aliphatic carbocycles. The summed E-state index contributed by atoms with van der Waals surface area (Å²) < 4.78 is 10.7. The molecule has 0 radical (unpaired) electrons. The number of fused-ring (bicyclic) bond motifs is 1. The molecule has 0 saturated carbocycles. The van der Waals surface area contributed by atoms with Crippen LogP contribution in [0, 0.1) is 13.8 Å². The molecule has 0 bridgehead atoms. The van der Waals surface area contributed by atoms with Crippen molar-refractivity contribution in [3.63, 3.8) is 0 Å². The predicted molar refractivity (Wildman–Crippen MR) is 97.1 cm³/mol. The van der Waals surface area contributed by atoms with E-state index in [9.17, 15) is 4.79 Å². The van der Waals surface area contributed by atoms with Gasteiger partial charge < -0.3 is 14.3 Å². The molecule has 4 aromatic heterocycles. The van der Waals surface area contributed by atoms with Gasteiger partial charge in [-0.1, -0.05) is 5.16 Å². The molecule has 7 nitrogen and oxygen atoms in total. The molecule has 132 valence electrons. The lowest BCUT2D eigenvalue weighted by molar-refractivity contribution is 0.0955. The fraction of sp³-hybridized carbons (Fsp3) is 0.222. The Morgan fingerprint density at radius 2 is 2.19 bits per heavy atom. The average molecular weight is 368 g/mol. The molecule has 0 aliphatic rings. The molecule has 1 amide bonds. The molecule has 8 heteroatoms. The van der Waals surface area contributed by atoms with E-state index in [0.29, 0.717) is 46.8 Å². The van der Waals surface area contributed by atoms with Gasteiger partial charge in [0.05, 0.1) is 33.6 Å². The summed E-state index contributed by atoms with van der Waals surface area (Å²) >= 11 is 1.60. The zero-order valence-corrected chi connectivity index (χ0v) is 15.1. The van der Waals surface area contributed by atoms with Crippen molar-refractivity contribution in [2.24, 2.45) is 0 Å². The topological polar surface area (TPSA) is 94.1 Å². The molecule has 0 unspecified atom stereocenters. The number of rotatable bonds is 5. The predicted octanol–water partition coefficient (Wildman–Crippen LogP) is 3.53. The Kier molecular flexibility index (Phi) is 4.26. The summed E-state index contributed by atoms with van der Waals surface area (Å²) in [5.41, 5.74) is 2.91. The highest BCUT2D eigenvalue weighted by molar-refractivity contribution is 7.09. The Morgan fingerprint density at radius 3 is 2.92 bits per heavy atom. The lowest BCUT2D eigenvalue weighted by atomic mass is 10.1. The van der Waals surface area contributed by atoms with Crippen molar-refractivity contribution in [2.75, 3.05) is 6.54 Å². The van der Waals surface area contributed by atoms with Crippen molar-refractivity contribution in [1.29, 1.82) is 0 Å². The maximum absolute atomic E-state index is 12.8. The van der Waals surface area contributed by atoms with E-state index in [1.54, 1.807) is 42.7 Å². The van der Waals surface area contributed by atoms with E-state index in [1.807, 2.05) is 12.3 Å². The van der Waals surface area contributed by atoms with E-state index >= 15 is 0 Å². The molecular formula is C18H16N4O3S. The molecule has 0 aromatic carbocycles. The number of amides is 1. The Labute approximate surface area is 153 Å². The van der Waals surface area contributed by atoms with E-state index in [4.69, 9.17) is 8.94 Å². The van der Waals surface area contributed by atoms with Gasteiger partial charge in [-0.3, -0.25) is 4.79 Å². The van der Waals surface area contributed by atoms with E-state index in [0.717, 1.165) is 10.7 Å². The van der Waals surface area contributed by atoms with Gasteiger partial charge in [0.2, 0.25) is 0 Å². The first-order chi connectivity index (χ1) is 12.6. The number of hydrogen-bond donors (Lipinski definition) is 1. The molecule has 4 heterocycles. The number of aromatic nitrogens is 3. The number of carbonyl (C=O) groups excluding carboxylic acids is 1. The molecule has 1 N–H and O–H groups in total. The van der Waals surface area contributed by atoms with Crippen molar-refractivity contribution in [3.05, 3.63) is 51.8 Å². The third kappa shape index (κ3) is 3.11. The molecule has 0 fully saturated rings. The Balaban J connectivity index is 1.61. The third-order valence-corrected chi connectivity index (χ3v) is 4.79. The molecular weight excluding hydrogens is 352 g/mol. The number of pyridine rings is 1. The van der Waals surface area contributed by atoms with Crippen molar-refractivity contribution in [2.45, 2.75) is 20.3 Å². The highest BCUT2D eigenvalue weighted by Crippen LogP contribution is 2.27. The van der Waals surface area contributed by atoms with Gasteiger partial charge in [0.15, 0.2) is 5.76 Å². The first kappa shape index (κ1) is 16.5. The van der Waals surface area contributed by atoms with Crippen LogP contribution < -0.4 is 5.32 Å². The van der Waals surface area contributed by atoms with E-state index in [-0.39, 0.29) is 5.91 Å². The Bertz CT molecular complexity index is 1070. The van der Waals surface area contributed by atoms with Crippen LogP contribution >= 0.6 is 11.3 Å². The second kappa shape index (κ2) is 6.72. The standard InChI is InChI=1S/C18H16N4O3S/c1-10-16-13(17(23)19-6-5-12-9-26-11(2)20-12)8-14(15-4-3-7-24-15)21-18(16)25-22-10/h3-4,7-9H,5-6H2,1-2H3,(H,19,23). The normalized spacial score (nSPS) is 11.2. The second-order valence-electron chi connectivity index (χ2n) is 5.84. The van der Waals surface area contributed by atoms with Crippen molar-refractivity contribution in [1.82, 2.24) is 20.4 Å². The number of aryl methyl sites for hydroxylation is 2. The van der Waals surface area contributed by atoms with Gasteiger partial charge >= 0.3 is 0 Å². The summed E-state index contributed by atoms with van der Waals surface area (Å²) in [6.45, 7) is 4.24. The van der Waals surface area contributed by atoms with Crippen LogP contribution in [0.5, 0.6) is 0 Å². The Hall–Kier alpha value is -3.00. The maximum Gasteiger partial charge on any atom is 0.259 e. The fourth-order valence-electron chi connectivity index (χ4n) is 2.75. The molecule has 4 aromatic rings. The van der Waals surface area contributed by atoms with Gasteiger partial charge in [0.1, 0.15) is 5.69 Å². The van der Waals surface area contributed by atoms with Gasteiger partial charge in [0.25, 0.3) is 11.6 Å². The summed E-state index contributed by atoms with van der Waals surface area (Å²) in [6, 6.07) is 5.25. The van der Waals surface area contributed by atoms with Crippen LogP contribution in [0.15, 0.2) is 38.8 Å². The minimum Gasteiger partial charge on any atom is -0.463 e. The van der Waals surface area contributed by atoms with E-state index in [2.05, 4.69) is 20.4 Å². The zero-order valence-electron chi connectivity index (χ0n) is 14.3. The monoisotopic (exact) mass is 368 g/mol. The smallest absolute Gasteiger partial charge is 0.259 e. The van der Waals surface area contributed by atoms with Crippen molar-refractivity contribution < 1.29 is 13.7 Å². The van der Waals surface area contributed by atoms with Crippen LogP contribution in [0.3, 0.4) is 0 Å². The summed E-state index contributed by atoms with van der Waals surface area (Å²) in [5.74, 6) is 0.358. The van der Waals surface area contributed by atoms with E-state index < -0.39 is 0 Å². The lowest BCUT2D eigenvalue weighted by Gasteiger charge is -2.07. The minimum absolute atomic E-state index is 0.205. The quantitative estimate of drug-likeness (QED) is 0.579. The summed E-state index contributed by atoms with van der Waals surface area (Å²) in [5, 5.41) is 10.5. The molecule has 0 saturated heterocycles. The Morgan fingerprint density at radius 1 is 1.31 bits per heavy atom. The van der Waals surface area contributed by atoms with Crippen LogP contribution in [0.4, 0.5) is 0 Å². The fourth-order valence-corrected chi connectivity index (χ4v) is 3.39. The molecule has 0 atom stereocenters. The summed E-state index contributed by atoms with van der Waals surface area (Å²) in [7, 11) is 0. The minimum atomic E-state index is -0.205. The lowest BCUT2D eigenvalue weighted by Crippen LogP contribution is -2.26. The molecule has 26 heavy (non-hydrogen) atoms. The van der Waals surface area contributed by atoms with Gasteiger partial charge in [-0.2, -0.15) is 0 Å². The van der Waals surface area contributed by atoms with Crippen LogP contribution in [-0.4, -0.2) is 27.6 Å². The summed E-state index contributed by atoms with van der Waals surface area (Å²) in [6.07, 6.45) is 2.24. The highest BCUT2D eigenvalue weighted by Gasteiger charge is 2.20. The maximum atomic E-state index is 12.8. The SMILES string of the molecule is Cc1nc(CCNC(=O)c2cc(-c3ccco3)nc3onc(C)c23)cs1. The van der Waals surface area contributed by atoms with Crippen LogP contribution in [0.2, 0.25) is 0 Å². The summed E-state index contributed by atoms with van der Waals surface area (Å²) in [4.78, 5) is 21.6. The first-order valence-electron chi connectivity index (χ1n) is 8.12. The first-order valence-corrected chi connectivity index (χ1v) is 9.00. The van der Waals surface area contributed by atoms with Crippen molar-refractivity contribution in [3.8, 4) is 11.5 Å². The number of nitrogens with one attached hydrogen (secondary N) is 1. The number of thiazole rings is 1. The molecule has 0 spiro atoms. The largest absolute Gasteiger partial charge is 0.463 e. The molecule has 4 rings (SSSR count). The van der Waals surface area contributed by atoms with Gasteiger partial charge in [-0.05, 0) is 32.0 Å². The van der Waals surface area contributed by atoms with Crippen LogP contribution in [0.25, 0.3) is 22.6 Å². The van der Waals surface area contributed by atoms with Gasteiger partial charge in [0, 0.05) is 18.3 Å². The van der Waals surface area contributed by atoms with E-state index in [1.165, 1.54) is 0 Å². The van der Waals surface area contributed by atoms with Gasteiger partial charge in [-0.15, -0.1) is 11.3 Å². The number of carbonyl (C=O) groups is 1.